The van der Waals surface area contributed by atoms with Crippen LogP contribution in [0.1, 0.15) is 12.0 Å². The lowest BCUT2D eigenvalue weighted by molar-refractivity contribution is -0.156. The SMILES string of the molecule is COCCOC1C(=O)CC1Oc1ccc(C)cc1. The number of aryl methyl sites for hydroxylation is 1. The highest BCUT2D eigenvalue weighted by molar-refractivity contribution is 5.90. The van der Waals surface area contributed by atoms with Crippen molar-refractivity contribution in [1.29, 1.82) is 0 Å². The molecule has 0 spiro atoms. The predicted molar refractivity (Wildman–Crippen MR) is 66.8 cm³/mol. The van der Waals surface area contributed by atoms with E-state index in [2.05, 4.69) is 0 Å². The summed E-state index contributed by atoms with van der Waals surface area (Å²) in [6.45, 7) is 2.93. The lowest BCUT2D eigenvalue weighted by atomic mass is 9.90. The Balaban J connectivity index is 1.85. The number of benzene rings is 1. The van der Waals surface area contributed by atoms with Crippen molar-refractivity contribution in [1.82, 2.24) is 0 Å². The third-order valence-corrected chi connectivity index (χ3v) is 2.95. The molecule has 1 aliphatic rings. The Hall–Kier alpha value is -1.39. The molecule has 2 rings (SSSR count). The Morgan fingerprint density at radius 1 is 1.22 bits per heavy atom. The number of Topliss-reactive ketones (excluding diaryl/α,β-unsaturated/α-hetero) is 1. The largest absolute Gasteiger partial charge is 0.487 e. The fourth-order valence-electron chi connectivity index (χ4n) is 1.82. The summed E-state index contributed by atoms with van der Waals surface area (Å²) < 4.78 is 16.1. The summed E-state index contributed by atoms with van der Waals surface area (Å²) >= 11 is 0. The standard InChI is InChI=1S/C14H18O4/c1-10-3-5-11(6-4-10)18-13-9-12(15)14(13)17-8-7-16-2/h3-6,13-14H,7-9H2,1-2H3. The van der Waals surface area contributed by atoms with E-state index in [9.17, 15) is 4.79 Å². The molecule has 1 saturated carbocycles. The molecule has 0 N–H and O–H groups in total. The number of rotatable bonds is 6. The number of hydrogen-bond acceptors (Lipinski definition) is 4. The van der Waals surface area contributed by atoms with Gasteiger partial charge in [0.15, 0.2) is 11.9 Å². The molecule has 0 saturated heterocycles. The van der Waals surface area contributed by atoms with Gasteiger partial charge in [-0.3, -0.25) is 4.79 Å². The van der Waals surface area contributed by atoms with Gasteiger partial charge >= 0.3 is 0 Å². The minimum atomic E-state index is -0.443. The van der Waals surface area contributed by atoms with Crippen LogP contribution in [0.2, 0.25) is 0 Å². The van der Waals surface area contributed by atoms with E-state index in [0.717, 1.165) is 5.75 Å². The molecule has 0 aromatic heterocycles. The Bertz CT molecular complexity index is 399. The average molecular weight is 250 g/mol. The second-order valence-corrected chi connectivity index (χ2v) is 4.42. The molecule has 0 amide bonds. The summed E-state index contributed by atoms with van der Waals surface area (Å²) in [6, 6.07) is 7.78. The smallest absolute Gasteiger partial charge is 0.169 e. The number of hydrogen-bond donors (Lipinski definition) is 0. The third kappa shape index (κ3) is 3.09. The average Bonchev–Trinajstić information content (AvgIpc) is 2.36. The molecule has 0 aliphatic heterocycles. The second kappa shape index (κ2) is 5.98. The molecule has 18 heavy (non-hydrogen) atoms. The van der Waals surface area contributed by atoms with Crippen LogP contribution >= 0.6 is 0 Å². The van der Waals surface area contributed by atoms with Gasteiger partial charge in [0.2, 0.25) is 0 Å². The first-order valence-corrected chi connectivity index (χ1v) is 6.07. The molecule has 1 aromatic carbocycles. The maximum absolute atomic E-state index is 11.4. The summed E-state index contributed by atoms with van der Waals surface area (Å²) in [6.07, 6.45) is -0.190. The maximum Gasteiger partial charge on any atom is 0.169 e. The quantitative estimate of drug-likeness (QED) is 0.721. The van der Waals surface area contributed by atoms with Gasteiger partial charge < -0.3 is 14.2 Å². The van der Waals surface area contributed by atoms with Crippen molar-refractivity contribution in [3.05, 3.63) is 29.8 Å². The fourth-order valence-corrected chi connectivity index (χ4v) is 1.82. The van der Waals surface area contributed by atoms with Crippen LogP contribution in [0, 0.1) is 6.92 Å². The van der Waals surface area contributed by atoms with Crippen molar-refractivity contribution >= 4 is 5.78 Å². The molecule has 2 atom stereocenters. The lowest BCUT2D eigenvalue weighted by Crippen LogP contribution is -2.52. The highest BCUT2D eigenvalue weighted by atomic mass is 16.6. The summed E-state index contributed by atoms with van der Waals surface area (Å²) in [5, 5.41) is 0. The first-order chi connectivity index (χ1) is 8.70. The second-order valence-electron chi connectivity index (χ2n) is 4.42. The zero-order valence-corrected chi connectivity index (χ0v) is 10.7. The molecule has 4 nitrogen and oxygen atoms in total. The molecule has 0 bridgehead atoms. The predicted octanol–water partition coefficient (Wildman–Crippen LogP) is 1.75. The van der Waals surface area contributed by atoms with Gasteiger partial charge in [0.05, 0.1) is 13.2 Å². The van der Waals surface area contributed by atoms with Gasteiger partial charge in [-0.25, -0.2) is 0 Å². The normalized spacial score (nSPS) is 22.7. The van der Waals surface area contributed by atoms with Gasteiger partial charge in [0.25, 0.3) is 0 Å². The lowest BCUT2D eigenvalue weighted by Gasteiger charge is -2.34. The van der Waals surface area contributed by atoms with Gasteiger partial charge in [0, 0.05) is 13.5 Å². The number of methoxy groups -OCH3 is 1. The molecule has 1 aliphatic carbocycles. The summed E-state index contributed by atoms with van der Waals surface area (Å²) in [4.78, 5) is 11.4. The molecular weight excluding hydrogens is 232 g/mol. The van der Waals surface area contributed by atoms with Crippen LogP contribution in [-0.4, -0.2) is 38.3 Å². The molecule has 0 heterocycles. The molecule has 0 radical (unpaired) electrons. The Labute approximate surface area is 107 Å². The molecule has 4 heteroatoms. The highest BCUT2D eigenvalue weighted by Gasteiger charge is 2.42. The minimum absolute atomic E-state index is 0.100. The number of carbonyl (C=O) groups excluding carboxylic acids is 1. The van der Waals surface area contributed by atoms with Crippen LogP contribution in [0.3, 0.4) is 0 Å². The molecule has 1 aromatic rings. The van der Waals surface area contributed by atoms with E-state index in [0.29, 0.717) is 19.6 Å². The zero-order chi connectivity index (χ0) is 13.0. The van der Waals surface area contributed by atoms with Crippen LogP contribution in [-0.2, 0) is 14.3 Å². The van der Waals surface area contributed by atoms with Gasteiger partial charge in [-0.15, -0.1) is 0 Å². The molecular formula is C14H18O4. The topological polar surface area (TPSA) is 44.8 Å². The van der Waals surface area contributed by atoms with Crippen LogP contribution in [0.15, 0.2) is 24.3 Å². The molecule has 1 fully saturated rings. The van der Waals surface area contributed by atoms with Crippen molar-refractivity contribution in [2.75, 3.05) is 20.3 Å². The van der Waals surface area contributed by atoms with Gasteiger partial charge in [-0.2, -0.15) is 0 Å². The van der Waals surface area contributed by atoms with Gasteiger partial charge in [0.1, 0.15) is 11.9 Å². The fraction of sp³-hybridized carbons (Fsp3) is 0.500. The van der Waals surface area contributed by atoms with Gasteiger partial charge in [-0.1, -0.05) is 17.7 Å². The Kier molecular flexibility index (Phi) is 4.33. The monoisotopic (exact) mass is 250 g/mol. The summed E-state index contributed by atoms with van der Waals surface area (Å²) in [5.41, 5.74) is 1.18. The minimum Gasteiger partial charge on any atom is -0.487 e. The van der Waals surface area contributed by atoms with Crippen molar-refractivity contribution in [2.24, 2.45) is 0 Å². The molecule has 2 unspecified atom stereocenters. The Morgan fingerprint density at radius 3 is 2.56 bits per heavy atom. The summed E-state index contributed by atoms with van der Waals surface area (Å²) in [7, 11) is 1.60. The summed E-state index contributed by atoms with van der Waals surface area (Å²) in [5.74, 6) is 0.877. The first kappa shape index (κ1) is 13.1. The van der Waals surface area contributed by atoms with Crippen LogP contribution in [0.5, 0.6) is 5.75 Å². The van der Waals surface area contributed by atoms with Crippen molar-refractivity contribution in [3.63, 3.8) is 0 Å². The van der Waals surface area contributed by atoms with Crippen molar-refractivity contribution in [2.45, 2.75) is 25.6 Å². The van der Waals surface area contributed by atoms with E-state index < -0.39 is 6.10 Å². The number of carbonyl (C=O) groups is 1. The highest BCUT2D eigenvalue weighted by Crippen LogP contribution is 2.25. The van der Waals surface area contributed by atoms with E-state index in [1.807, 2.05) is 31.2 Å². The van der Waals surface area contributed by atoms with Gasteiger partial charge in [-0.05, 0) is 19.1 Å². The van der Waals surface area contributed by atoms with Crippen LogP contribution in [0.4, 0.5) is 0 Å². The van der Waals surface area contributed by atoms with E-state index in [-0.39, 0.29) is 11.9 Å². The van der Waals surface area contributed by atoms with E-state index in [4.69, 9.17) is 14.2 Å². The van der Waals surface area contributed by atoms with E-state index in [1.165, 1.54) is 5.56 Å². The number of ketones is 1. The third-order valence-electron chi connectivity index (χ3n) is 2.95. The Morgan fingerprint density at radius 2 is 1.94 bits per heavy atom. The van der Waals surface area contributed by atoms with E-state index in [1.54, 1.807) is 7.11 Å². The van der Waals surface area contributed by atoms with Crippen LogP contribution < -0.4 is 4.74 Å². The van der Waals surface area contributed by atoms with E-state index >= 15 is 0 Å². The van der Waals surface area contributed by atoms with Crippen molar-refractivity contribution < 1.29 is 19.0 Å². The van der Waals surface area contributed by atoms with Crippen molar-refractivity contribution in [3.8, 4) is 5.75 Å². The van der Waals surface area contributed by atoms with Crippen LogP contribution in [0.25, 0.3) is 0 Å². The maximum atomic E-state index is 11.4. The first-order valence-electron chi connectivity index (χ1n) is 6.07. The number of ether oxygens (including phenoxy) is 3. The molecule has 98 valence electrons. The zero-order valence-electron chi connectivity index (χ0n) is 10.7.